The van der Waals surface area contributed by atoms with Gasteiger partial charge in [-0.3, -0.25) is 14.2 Å². The van der Waals surface area contributed by atoms with E-state index in [0.717, 1.165) is 34.7 Å². The van der Waals surface area contributed by atoms with Gasteiger partial charge in [0.25, 0.3) is 5.56 Å². The molecule has 2 atom stereocenters. The van der Waals surface area contributed by atoms with Gasteiger partial charge in [0.15, 0.2) is 0 Å². The third-order valence-electron chi connectivity index (χ3n) is 7.13. The van der Waals surface area contributed by atoms with Crippen molar-refractivity contribution in [2.24, 2.45) is 7.05 Å². The molecule has 0 aliphatic carbocycles. The molecule has 0 saturated heterocycles. The number of amides is 1. The summed E-state index contributed by atoms with van der Waals surface area (Å²) in [5.74, 6) is -0.272. The summed E-state index contributed by atoms with van der Waals surface area (Å²) in [6.45, 7) is 4.05. The quantitative estimate of drug-likeness (QED) is 0.300. The summed E-state index contributed by atoms with van der Waals surface area (Å²) >= 11 is 0. The van der Waals surface area contributed by atoms with Crippen molar-refractivity contribution in [3.05, 3.63) is 107 Å². The normalized spacial score (nSPS) is 12.8. The van der Waals surface area contributed by atoms with E-state index in [4.69, 9.17) is 0 Å². The van der Waals surface area contributed by atoms with Gasteiger partial charge in [-0.05, 0) is 31.0 Å². The summed E-state index contributed by atoms with van der Waals surface area (Å²) in [6, 6.07) is 26.0. The standard InChI is InChI=1S/C32H30N4O2/c1-4-12-21(2)34-31(37)30(26-20-35(3)27-17-10-8-15-23(26)27)36-28-18-11-9-16-24(28)29(25(19-33)32(36)38)22-13-6-5-7-14-22/h5-11,13-18,20-21,30H,4,12H2,1-3H3,(H,34,37). The van der Waals surface area contributed by atoms with Gasteiger partial charge in [-0.15, -0.1) is 0 Å². The SMILES string of the molecule is CCCC(C)NC(=O)C(c1cn(C)c2ccccc12)n1c(=O)c(C#N)c(-c2ccccc2)c2ccccc21. The second-order valence-electron chi connectivity index (χ2n) is 9.73. The zero-order valence-electron chi connectivity index (χ0n) is 21.8. The zero-order valence-corrected chi connectivity index (χ0v) is 21.8. The van der Waals surface area contributed by atoms with Crippen LogP contribution in [0.2, 0.25) is 0 Å². The number of hydrogen-bond donors (Lipinski definition) is 1. The summed E-state index contributed by atoms with van der Waals surface area (Å²) in [5.41, 5.74) is 3.18. The lowest BCUT2D eigenvalue weighted by molar-refractivity contribution is -0.123. The number of nitrogens with zero attached hydrogens (tertiary/aromatic N) is 3. The molecule has 38 heavy (non-hydrogen) atoms. The number of pyridine rings is 1. The lowest BCUT2D eigenvalue weighted by Gasteiger charge is -2.25. The van der Waals surface area contributed by atoms with E-state index in [1.54, 1.807) is 0 Å². The maximum Gasteiger partial charge on any atom is 0.270 e. The topological polar surface area (TPSA) is 79.8 Å². The van der Waals surface area contributed by atoms with Crippen molar-refractivity contribution >= 4 is 27.7 Å². The Labute approximate surface area is 221 Å². The molecule has 1 N–H and O–H groups in total. The van der Waals surface area contributed by atoms with Crippen LogP contribution >= 0.6 is 0 Å². The lowest BCUT2D eigenvalue weighted by atomic mass is 9.95. The molecule has 5 aromatic rings. The van der Waals surface area contributed by atoms with Gasteiger partial charge in [0.1, 0.15) is 17.7 Å². The first-order valence-electron chi connectivity index (χ1n) is 12.9. The Balaban J connectivity index is 1.86. The van der Waals surface area contributed by atoms with Crippen LogP contribution < -0.4 is 10.9 Å². The molecule has 0 saturated carbocycles. The molecule has 2 unspecified atom stereocenters. The molecule has 1 amide bonds. The Morgan fingerprint density at radius 1 is 0.947 bits per heavy atom. The molecule has 0 bridgehead atoms. The maximum atomic E-state index is 14.2. The first kappa shape index (κ1) is 25.0. The number of rotatable bonds is 7. The predicted octanol–water partition coefficient (Wildman–Crippen LogP) is 5.93. The van der Waals surface area contributed by atoms with E-state index in [9.17, 15) is 14.9 Å². The molecule has 0 radical (unpaired) electrons. The number of aryl methyl sites for hydroxylation is 1. The molecule has 0 aliphatic rings. The second kappa shape index (κ2) is 10.4. The van der Waals surface area contributed by atoms with E-state index in [1.807, 2.05) is 104 Å². The van der Waals surface area contributed by atoms with Gasteiger partial charge >= 0.3 is 0 Å². The first-order chi connectivity index (χ1) is 18.5. The van der Waals surface area contributed by atoms with Crippen molar-refractivity contribution in [2.75, 3.05) is 0 Å². The van der Waals surface area contributed by atoms with Crippen LogP contribution in [0.25, 0.3) is 32.9 Å². The van der Waals surface area contributed by atoms with Gasteiger partial charge in [0, 0.05) is 46.7 Å². The Kier molecular flexibility index (Phi) is 6.85. The van der Waals surface area contributed by atoms with E-state index in [2.05, 4.69) is 18.3 Å². The van der Waals surface area contributed by atoms with Crippen molar-refractivity contribution in [3.8, 4) is 17.2 Å². The Morgan fingerprint density at radius 2 is 1.58 bits per heavy atom. The minimum absolute atomic E-state index is 0.0227. The van der Waals surface area contributed by atoms with Crippen LogP contribution in [0.3, 0.4) is 0 Å². The summed E-state index contributed by atoms with van der Waals surface area (Å²) in [6.07, 6.45) is 3.66. The van der Waals surface area contributed by atoms with Crippen LogP contribution in [0.15, 0.2) is 89.9 Å². The van der Waals surface area contributed by atoms with Gasteiger partial charge in [0.05, 0.1) is 5.52 Å². The van der Waals surface area contributed by atoms with Crippen LogP contribution in [-0.4, -0.2) is 21.1 Å². The van der Waals surface area contributed by atoms with Gasteiger partial charge in [-0.2, -0.15) is 5.26 Å². The van der Waals surface area contributed by atoms with Gasteiger partial charge in [-0.1, -0.05) is 80.1 Å². The van der Waals surface area contributed by atoms with Crippen LogP contribution in [0.5, 0.6) is 0 Å². The first-order valence-corrected chi connectivity index (χ1v) is 12.9. The smallest absolute Gasteiger partial charge is 0.270 e. The highest BCUT2D eigenvalue weighted by Crippen LogP contribution is 2.35. The molecule has 3 aromatic carbocycles. The molecule has 2 aromatic heterocycles. The fraction of sp³-hybridized carbons (Fsp3) is 0.219. The van der Waals surface area contributed by atoms with Crippen molar-refractivity contribution in [3.63, 3.8) is 0 Å². The van der Waals surface area contributed by atoms with Gasteiger partial charge < -0.3 is 9.88 Å². The molecule has 5 rings (SSSR count). The summed E-state index contributed by atoms with van der Waals surface area (Å²) in [4.78, 5) is 28.3. The molecular weight excluding hydrogens is 472 g/mol. The number of nitriles is 1. The lowest BCUT2D eigenvalue weighted by Crippen LogP contribution is -2.42. The van der Waals surface area contributed by atoms with Crippen molar-refractivity contribution in [1.29, 1.82) is 5.26 Å². The predicted molar refractivity (Wildman–Crippen MR) is 152 cm³/mol. The molecule has 0 fully saturated rings. The largest absolute Gasteiger partial charge is 0.352 e. The number of carbonyl (C=O) groups excluding carboxylic acids is 1. The number of nitrogens with one attached hydrogen (secondary N) is 1. The molecular formula is C32H30N4O2. The Bertz CT molecular complexity index is 1740. The van der Waals surface area contributed by atoms with E-state index >= 15 is 0 Å². The van der Waals surface area contributed by atoms with Crippen LogP contribution in [-0.2, 0) is 11.8 Å². The highest BCUT2D eigenvalue weighted by Gasteiger charge is 2.31. The summed E-state index contributed by atoms with van der Waals surface area (Å²) in [7, 11) is 1.93. The number of para-hydroxylation sites is 2. The maximum absolute atomic E-state index is 14.2. The average Bonchev–Trinajstić information content (AvgIpc) is 3.26. The number of fused-ring (bicyclic) bond motifs is 2. The van der Waals surface area contributed by atoms with E-state index in [0.29, 0.717) is 16.6 Å². The zero-order chi connectivity index (χ0) is 26.8. The molecule has 6 heteroatoms. The number of hydrogen-bond acceptors (Lipinski definition) is 3. The Hall–Kier alpha value is -4.63. The van der Waals surface area contributed by atoms with E-state index in [1.165, 1.54) is 4.57 Å². The van der Waals surface area contributed by atoms with Crippen molar-refractivity contribution in [2.45, 2.75) is 38.8 Å². The molecule has 6 nitrogen and oxygen atoms in total. The van der Waals surface area contributed by atoms with Gasteiger partial charge in [0.2, 0.25) is 5.91 Å². The summed E-state index contributed by atoms with van der Waals surface area (Å²) < 4.78 is 3.48. The third-order valence-corrected chi connectivity index (χ3v) is 7.13. The molecule has 0 aliphatic heterocycles. The number of aromatic nitrogens is 2. The highest BCUT2D eigenvalue weighted by atomic mass is 16.2. The van der Waals surface area contributed by atoms with Crippen molar-refractivity contribution < 1.29 is 4.79 Å². The van der Waals surface area contributed by atoms with Gasteiger partial charge in [-0.25, -0.2) is 0 Å². The fourth-order valence-electron chi connectivity index (χ4n) is 5.45. The fourth-order valence-corrected chi connectivity index (χ4v) is 5.45. The summed E-state index contributed by atoms with van der Waals surface area (Å²) in [5, 5.41) is 15.0. The molecule has 190 valence electrons. The van der Waals surface area contributed by atoms with E-state index in [-0.39, 0.29) is 17.5 Å². The minimum Gasteiger partial charge on any atom is -0.352 e. The van der Waals surface area contributed by atoms with Crippen LogP contribution in [0, 0.1) is 11.3 Å². The third kappa shape index (κ3) is 4.26. The van der Waals surface area contributed by atoms with Crippen molar-refractivity contribution in [1.82, 2.24) is 14.5 Å². The van der Waals surface area contributed by atoms with Crippen LogP contribution in [0.4, 0.5) is 0 Å². The molecule has 0 spiro atoms. The average molecular weight is 503 g/mol. The molecule has 2 heterocycles. The Morgan fingerprint density at radius 3 is 2.26 bits per heavy atom. The number of carbonyl (C=O) groups is 1. The minimum atomic E-state index is -0.963. The number of benzene rings is 3. The second-order valence-corrected chi connectivity index (χ2v) is 9.73. The van der Waals surface area contributed by atoms with E-state index < -0.39 is 11.6 Å². The highest BCUT2D eigenvalue weighted by molar-refractivity contribution is 6.00. The van der Waals surface area contributed by atoms with Crippen LogP contribution in [0.1, 0.15) is 43.9 Å². The monoisotopic (exact) mass is 502 g/mol.